The summed E-state index contributed by atoms with van der Waals surface area (Å²) in [5.74, 6) is -2.14. The van der Waals surface area contributed by atoms with Crippen molar-refractivity contribution in [3.8, 4) is 0 Å². The first-order valence-corrected chi connectivity index (χ1v) is 4.65. The normalized spacial score (nSPS) is 20.1. The number of amides is 1. The number of carboxylic acid groups (broad SMARTS) is 1. The Morgan fingerprint density at radius 3 is 2.67 bits per heavy atom. The lowest BCUT2D eigenvalue weighted by Gasteiger charge is -2.20. The highest BCUT2D eigenvalue weighted by Gasteiger charge is 2.34. The Kier molecular flexibility index (Phi) is 3.65. The number of carbonyl (C=O) groups is 3. The number of carbonyl (C=O) groups excluding carboxylic acids is 2. The van der Waals surface area contributed by atoms with Crippen molar-refractivity contribution in [3.63, 3.8) is 0 Å². The van der Waals surface area contributed by atoms with Crippen molar-refractivity contribution in [1.82, 2.24) is 4.90 Å². The molecule has 0 radical (unpaired) electrons. The number of rotatable bonds is 3. The molecule has 0 saturated carbocycles. The lowest BCUT2D eigenvalue weighted by Crippen LogP contribution is -2.41. The summed E-state index contributed by atoms with van der Waals surface area (Å²) in [7, 11) is 1.19. The number of esters is 1. The molecular formula is C9H13NO5. The minimum Gasteiger partial charge on any atom is -0.480 e. The van der Waals surface area contributed by atoms with Crippen LogP contribution in [0, 0.1) is 0 Å². The van der Waals surface area contributed by atoms with E-state index in [1.165, 1.54) is 12.0 Å². The van der Waals surface area contributed by atoms with Gasteiger partial charge in [-0.1, -0.05) is 0 Å². The highest BCUT2D eigenvalue weighted by atomic mass is 16.5. The van der Waals surface area contributed by atoms with Gasteiger partial charge in [-0.3, -0.25) is 9.59 Å². The van der Waals surface area contributed by atoms with Crippen molar-refractivity contribution in [2.24, 2.45) is 0 Å². The summed E-state index contributed by atoms with van der Waals surface area (Å²) in [4.78, 5) is 34.3. The molecule has 1 fully saturated rings. The summed E-state index contributed by atoms with van der Waals surface area (Å²) in [6.07, 6.45) is 0.715. The Bertz CT molecular complexity index is 288. The number of carboxylic acids is 1. The number of ether oxygens (including phenoxy) is 1. The molecule has 0 spiro atoms. The highest BCUT2D eigenvalue weighted by Crippen LogP contribution is 2.18. The molecule has 0 bridgehead atoms. The minimum absolute atomic E-state index is 0.389. The fourth-order valence-corrected chi connectivity index (χ4v) is 1.62. The Morgan fingerprint density at radius 1 is 1.47 bits per heavy atom. The van der Waals surface area contributed by atoms with E-state index in [-0.39, 0.29) is 6.42 Å². The molecule has 0 aliphatic carbocycles. The van der Waals surface area contributed by atoms with Gasteiger partial charge in [0.2, 0.25) is 5.91 Å². The van der Waals surface area contributed by atoms with Gasteiger partial charge in [-0.2, -0.15) is 0 Å². The van der Waals surface area contributed by atoms with Gasteiger partial charge in [-0.05, 0) is 12.8 Å². The maximum atomic E-state index is 11.5. The second-order valence-electron chi connectivity index (χ2n) is 3.34. The molecule has 1 rings (SSSR count). The zero-order valence-electron chi connectivity index (χ0n) is 8.43. The van der Waals surface area contributed by atoms with Crippen LogP contribution in [-0.2, 0) is 19.1 Å². The molecule has 0 aromatic rings. The van der Waals surface area contributed by atoms with Crippen LogP contribution < -0.4 is 0 Å². The van der Waals surface area contributed by atoms with E-state index >= 15 is 0 Å². The minimum atomic E-state index is -1.02. The zero-order chi connectivity index (χ0) is 11.4. The SMILES string of the molecule is COC(=O)CC(=O)N1CCC[C@H]1C(=O)O. The average molecular weight is 215 g/mol. The van der Waals surface area contributed by atoms with E-state index < -0.39 is 23.9 Å². The van der Waals surface area contributed by atoms with Crippen LogP contribution in [-0.4, -0.2) is 47.5 Å². The molecule has 15 heavy (non-hydrogen) atoms. The lowest BCUT2D eigenvalue weighted by atomic mass is 10.2. The summed E-state index contributed by atoms with van der Waals surface area (Å²) >= 11 is 0. The maximum absolute atomic E-state index is 11.5. The van der Waals surface area contributed by atoms with Crippen LogP contribution in [0.25, 0.3) is 0 Å². The van der Waals surface area contributed by atoms with Gasteiger partial charge >= 0.3 is 11.9 Å². The van der Waals surface area contributed by atoms with Crippen molar-refractivity contribution in [2.75, 3.05) is 13.7 Å². The van der Waals surface area contributed by atoms with Crippen LogP contribution >= 0.6 is 0 Å². The van der Waals surface area contributed by atoms with Crippen LogP contribution in [0.15, 0.2) is 0 Å². The van der Waals surface area contributed by atoms with Gasteiger partial charge in [0, 0.05) is 6.54 Å². The fraction of sp³-hybridized carbons (Fsp3) is 0.667. The summed E-state index contributed by atoms with van der Waals surface area (Å²) < 4.78 is 4.34. The molecule has 0 unspecified atom stereocenters. The molecule has 1 amide bonds. The second-order valence-corrected chi connectivity index (χ2v) is 3.34. The fourth-order valence-electron chi connectivity index (χ4n) is 1.62. The van der Waals surface area contributed by atoms with Crippen molar-refractivity contribution in [3.05, 3.63) is 0 Å². The molecule has 1 aliphatic rings. The molecule has 0 aromatic carbocycles. The summed E-state index contributed by atoms with van der Waals surface area (Å²) in [6, 6.07) is -0.790. The molecule has 1 atom stereocenters. The standard InChI is InChI=1S/C9H13NO5/c1-15-8(12)5-7(11)10-4-2-3-6(10)9(13)14/h6H,2-5H2,1H3,(H,13,14)/t6-/m0/s1. The van der Waals surface area contributed by atoms with Crippen LogP contribution in [0.1, 0.15) is 19.3 Å². The van der Waals surface area contributed by atoms with Crippen molar-refractivity contribution in [1.29, 1.82) is 0 Å². The Labute approximate surface area is 86.8 Å². The predicted molar refractivity (Wildman–Crippen MR) is 49.0 cm³/mol. The number of likely N-dealkylation sites (tertiary alicyclic amines) is 1. The number of methoxy groups -OCH3 is 1. The van der Waals surface area contributed by atoms with Gasteiger partial charge in [0.25, 0.3) is 0 Å². The summed E-state index contributed by atoms with van der Waals surface area (Å²) in [6.45, 7) is 0.396. The van der Waals surface area contributed by atoms with Gasteiger partial charge < -0.3 is 14.7 Å². The third-order valence-electron chi connectivity index (χ3n) is 2.38. The largest absolute Gasteiger partial charge is 0.480 e. The van der Waals surface area contributed by atoms with E-state index in [0.29, 0.717) is 19.4 Å². The number of aliphatic carboxylic acids is 1. The van der Waals surface area contributed by atoms with Crippen molar-refractivity contribution < 1.29 is 24.2 Å². The van der Waals surface area contributed by atoms with Gasteiger partial charge in [0.1, 0.15) is 12.5 Å². The van der Waals surface area contributed by atoms with E-state index in [2.05, 4.69) is 4.74 Å². The monoisotopic (exact) mass is 215 g/mol. The zero-order valence-corrected chi connectivity index (χ0v) is 8.43. The van der Waals surface area contributed by atoms with Crippen molar-refractivity contribution in [2.45, 2.75) is 25.3 Å². The molecule has 84 valence electrons. The molecule has 1 aliphatic heterocycles. The number of hydrogen-bond acceptors (Lipinski definition) is 4. The second kappa shape index (κ2) is 4.77. The molecule has 0 aromatic heterocycles. The third kappa shape index (κ3) is 2.68. The predicted octanol–water partition coefficient (Wildman–Crippen LogP) is -0.375. The Hall–Kier alpha value is -1.59. The van der Waals surface area contributed by atoms with Gasteiger partial charge in [0.05, 0.1) is 7.11 Å². The summed E-state index contributed by atoms with van der Waals surface area (Å²) in [5.41, 5.74) is 0. The van der Waals surface area contributed by atoms with E-state index in [1.807, 2.05) is 0 Å². The molecular weight excluding hydrogens is 202 g/mol. The first kappa shape index (κ1) is 11.5. The van der Waals surface area contributed by atoms with Crippen molar-refractivity contribution >= 4 is 17.8 Å². The first-order valence-electron chi connectivity index (χ1n) is 4.65. The highest BCUT2D eigenvalue weighted by molar-refractivity contribution is 5.96. The van der Waals surface area contributed by atoms with Crippen LogP contribution in [0.3, 0.4) is 0 Å². The molecule has 1 N–H and O–H groups in total. The molecule has 1 heterocycles. The van der Waals surface area contributed by atoms with Crippen LogP contribution in [0.4, 0.5) is 0 Å². The molecule has 1 saturated heterocycles. The van der Waals surface area contributed by atoms with Gasteiger partial charge in [-0.25, -0.2) is 4.79 Å². The molecule has 6 heteroatoms. The maximum Gasteiger partial charge on any atom is 0.326 e. The van der Waals surface area contributed by atoms with E-state index in [9.17, 15) is 14.4 Å². The quantitative estimate of drug-likeness (QED) is 0.512. The van der Waals surface area contributed by atoms with Crippen LogP contribution in [0.2, 0.25) is 0 Å². The van der Waals surface area contributed by atoms with E-state index in [1.54, 1.807) is 0 Å². The Morgan fingerprint density at radius 2 is 2.13 bits per heavy atom. The number of nitrogens with zero attached hydrogens (tertiary/aromatic N) is 1. The van der Waals surface area contributed by atoms with Crippen LogP contribution in [0.5, 0.6) is 0 Å². The average Bonchev–Trinajstić information content (AvgIpc) is 2.65. The molecule has 6 nitrogen and oxygen atoms in total. The smallest absolute Gasteiger partial charge is 0.326 e. The van der Waals surface area contributed by atoms with Gasteiger partial charge in [-0.15, -0.1) is 0 Å². The number of hydrogen-bond donors (Lipinski definition) is 1. The topological polar surface area (TPSA) is 83.9 Å². The van der Waals surface area contributed by atoms with Gasteiger partial charge in [0.15, 0.2) is 0 Å². The lowest BCUT2D eigenvalue weighted by molar-refractivity contribution is -0.152. The van der Waals surface area contributed by atoms with E-state index in [4.69, 9.17) is 5.11 Å². The third-order valence-corrected chi connectivity index (χ3v) is 2.38. The van der Waals surface area contributed by atoms with E-state index in [0.717, 1.165) is 0 Å². The Balaban J connectivity index is 2.58. The first-order chi connectivity index (χ1) is 7.06. The summed E-state index contributed by atoms with van der Waals surface area (Å²) in [5, 5.41) is 8.81.